The maximum Gasteiger partial charge on any atom is 0.264 e. The Kier molecular flexibility index (Phi) is 10.0. The molecule has 0 fully saturated rings. The Balaban J connectivity index is 2.00. The molecule has 0 aromatic heterocycles. The summed E-state index contributed by atoms with van der Waals surface area (Å²) in [6, 6.07) is 20.9. The molecule has 1 atom stereocenters. The lowest BCUT2D eigenvalue weighted by atomic mass is 10.1. The van der Waals surface area contributed by atoms with Crippen molar-refractivity contribution in [2.45, 2.75) is 50.6 Å². The van der Waals surface area contributed by atoms with Gasteiger partial charge in [-0.3, -0.25) is 13.9 Å². The number of anilines is 1. The van der Waals surface area contributed by atoms with Crippen LogP contribution in [0.1, 0.15) is 33.3 Å². The van der Waals surface area contributed by atoms with Gasteiger partial charge >= 0.3 is 0 Å². The van der Waals surface area contributed by atoms with Crippen molar-refractivity contribution in [3.8, 4) is 0 Å². The van der Waals surface area contributed by atoms with Gasteiger partial charge in [-0.2, -0.15) is 0 Å². The predicted octanol–water partition coefficient (Wildman–Crippen LogP) is 5.56. The van der Waals surface area contributed by atoms with Gasteiger partial charge < -0.3 is 10.2 Å². The van der Waals surface area contributed by atoms with E-state index in [4.69, 9.17) is 23.2 Å². The molecule has 0 bridgehead atoms. The topological polar surface area (TPSA) is 86.8 Å². The van der Waals surface area contributed by atoms with E-state index >= 15 is 0 Å². The fourth-order valence-electron chi connectivity index (χ4n) is 3.98. The second kappa shape index (κ2) is 12.9. The third-order valence-electron chi connectivity index (χ3n) is 5.90. The van der Waals surface area contributed by atoms with Gasteiger partial charge in [-0.1, -0.05) is 71.7 Å². The van der Waals surface area contributed by atoms with E-state index < -0.39 is 34.1 Å². The third-order valence-corrected chi connectivity index (χ3v) is 8.12. The van der Waals surface area contributed by atoms with Gasteiger partial charge in [-0.25, -0.2) is 8.42 Å². The molecule has 0 aliphatic rings. The molecule has 0 aliphatic heterocycles. The highest BCUT2D eigenvalue weighted by molar-refractivity contribution is 7.92. The first-order chi connectivity index (χ1) is 18.3. The van der Waals surface area contributed by atoms with Gasteiger partial charge in [0, 0.05) is 22.1 Å². The van der Waals surface area contributed by atoms with Gasteiger partial charge in [0.05, 0.1) is 10.6 Å². The molecule has 2 amide bonds. The molecule has 1 N–H and O–H groups in total. The third kappa shape index (κ3) is 8.46. The van der Waals surface area contributed by atoms with E-state index in [1.165, 1.54) is 35.2 Å². The number of benzene rings is 3. The summed E-state index contributed by atoms with van der Waals surface area (Å²) in [4.78, 5) is 28.4. The van der Waals surface area contributed by atoms with Crippen LogP contribution in [0.25, 0.3) is 0 Å². The first kappa shape index (κ1) is 30.5. The number of carbonyl (C=O) groups excluding carboxylic acids is 2. The Morgan fingerprint density at radius 3 is 1.97 bits per heavy atom. The molecule has 39 heavy (non-hydrogen) atoms. The summed E-state index contributed by atoms with van der Waals surface area (Å²) >= 11 is 12.4. The van der Waals surface area contributed by atoms with Crippen molar-refractivity contribution in [3.63, 3.8) is 0 Å². The molecule has 3 aromatic carbocycles. The number of nitrogens with zero attached hydrogens (tertiary/aromatic N) is 2. The molecule has 208 valence electrons. The Hall–Kier alpha value is -3.07. The summed E-state index contributed by atoms with van der Waals surface area (Å²) in [5, 5.41) is 3.35. The van der Waals surface area contributed by atoms with E-state index in [1.54, 1.807) is 25.1 Å². The highest BCUT2D eigenvalue weighted by Gasteiger charge is 2.33. The Bertz CT molecular complexity index is 1370. The Labute approximate surface area is 240 Å². The van der Waals surface area contributed by atoms with Crippen LogP contribution in [0.2, 0.25) is 10.0 Å². The average Bonchev–Trinajstić information content (AvgIpc) is 2.86. The summed E-state index contributed by atoms with van der Waals surface area (Å²) in [6.07, 6.45) is 0.480. The first-order valence-electron chi connectivity index (χ1n) is 12.5. The molecule has 10 heteroatoms. The molecular weight excluding hydrogens is 557 g/mol. The molecule has 0 heterocycles. The van der Waals surface area contributed by atoms with Crippen LogP contribution >= 0.6 is 23.2 Å². The Morgan fingerprint density at radius 1 is 0.897 bits per heavy atom. The first-order valence-corrected chi connectivity index (χ1v) is 14.7. The summed E-state index contributed by atoms with van der Waals surface area (Å²) in [5.41, 5.74) is 0.605. The van der Waals surface area contributed by atoms with Gasteiger partial charge in [0.25, 0.3) is 10.0 Å². The van der Waals surface area contributed by atoms with Crippen molar-refractivity contribution in [2.24, 2.45) is 0 Å². The summed E-state index contributed by atoms with van der Waals surface area (Å²) < 4.78 is 28.5. The van der Waals surface area contributed by atoms with Crippen LogP contribution in [-0.4, -0.2) is 49.8 Å². The number of rotatable bonds is 10. The Morgan fingerprint density at radius 2 is 1.44 bits per heavy atom. The fraction of sp³-hybridized carbons (Fsp3) is 0.310. The standard InChI is InChI=1S/C29H33Cl2N3O4S/c1-21(28(36)32-29(2,3)4)33(16-15-22-11-7-5-8-12-22)27(35)20-34(25-18-23(30)17-24(31)19-25)39(37,38)26-13-9-6-10-14-26/h5-14,17-19,21H,15-16,20H2,1-4H3,(H,32,36)/t21-/m1/s1. The SMILES string of the molecule is C[C@H](C(=O)NC(C)(C)C)N(CCc1ccccc1)C(=O)CN(c1cc(Cl)cc(Cl)c1)S(=O)(=O)c1ccccc1. The van der Waals surface area contributed by atoms with E-state index in [0.29, 0.717) is 6.42 Å². The molecule has 0 saturated carbocycles. The number of halogens is 2. The van der Waals surface area contributed by atoms with Crippen LogP contribution < -0.4 is 9.62 Å². The van der Waals surface area contributed by atoms with Crippen molar-refractivity contribution in [1.82, 2.24) is 10.2 Å². The number of amides is 2. The molecule has 3 aromatic rings. The highest BCUT2D eigenvalue weighted by Crippen LogP contribution is 2.30. The number of hydrogen-bond acceptors (Lipinski definition) is 4. The van der Waals surface area contributed by atoms with E-state index in [9.17, 15) is 18.0 Å². The van der Waals surface area contributed by atoms with Crippen LogP contribution in [0.5, 0.6) is 0 Å². The van der Waals surface area contributed by atoms with Crippen molar-refractivity contribution in [1.29, 1.82) is 0 Å². The molecule has 0 aliphatic carbocycles. The maximum absolute atomic E-state index is 13.9. The molecule has 0 radical (unpaired) electrons. The zero-order valence-corrected chi connectivity index (χ0v) is 24.7. The number of sulfonamides is 1. The van der Waals surface area contributed by atoms with Crippen LogP contribution in [0.3, 0.4) is 0 Å². The minimum atomic E-state index is -4.19. The molecule has 0 unspecified atom stereocenters. The van der Waals surface area contributed by atoms with Gasteiger partial charge in [-0.15, -0.1) is 0 Å². The zero-order chi connectivity index (χ0) is 28.8. The summed E-state index contributed by atoms with van der Waals surface area (Å²) in [5.74, 6) is -0.884. The minimum Gasteiger partial charge on any atom is -0.350 e. The smallest absolute Gasteiger partial charge is 0.264 e. The van der Waals surface area contributed by atoms with E-state index in [2.05, 4.69) is 5.32 Å². The van der Waals surface area contributed by atoms with Gasteiger partial charge in [-0.05, 0) is 70.0 Å². The van der Waals surface area contributed by atoms with E-state index in [0.717, 1.165) is 9.87 Å². The molecule has 7 nitrogen and oxygen atoms in total. The monoisotopic (exact) mass is 589 g/mol. The van der Waals surface area contributed by atoms with Crippen LogP contribution in [0.15, 0.2) is 83.8 Å². The zero-order valence-electron chi connectivity index (χ0n) is 22.4. The summed E-state index contributed by atoms with van der Waals surface area (Å²) in [7, 11) is -4.19. The van der Waals surface area contributed by atoms with Crippen LogP contribution in [-0.2, 0) is 26.0 Å². The lowest BCUT2D eigenvalue weighted by Gasteiger charge is -2.33. The largest absolute Gasteiger partial charge is 0.350 e. The molecular formula is C29H33Cl2N3O4S. The van der Waals surface area contributed by atoms with Crippen LogP contribution in [0, 0.1) is 0 Å². The highest BCUT2D eigenvalue weighted by atomic mass is 35.5. The van der Waals surface area contributed by atoms with Crippen molar-refractivity contribution in [3.05, 3.63) is 94.5 Å². The van der Waals surface area contributed by atoms with E-state index in [1.807, 2.05) is 51.1 Å². The summed E-state index contributed by atoms with van der Waals surface area (Å²) in [6.45, 7) is 6.84. The lowest BCUT2D eigenvalue weighted by Crippen LogP contribution is -2.55. The van der Waals surface area contributed by atoms with Crippen molar-refractivity contribution >= 4 is 50.7 Å². The normalized spacial score (nSPS) is 12.5. The van der Waals surface area contributed by atoms with Gasteiger partial charge in [0.15, 0.2) is 0 Å². The van der Waals surface area contributed by atoms with Crippen LogP contribution in [0.4, 0.5) is 5.69 Å². The fourth-order valence-corrected chi connectivity index (χ4v) is 5.91. The maximum atomic E-state index is 13.9. The lowest BCUT2D eigenvalue weighted by molar-refractivity contribution is -0.139. The number of nitrogens with one attached hydrogen (secondary N) is 1. The average molecular weight is 591 g/mol. The second-order valence-corrected chi connectivity index (χ2v) is 12.9. The number of hydrogen-bond donors (Lipinski definition) is 1. The molecule has 0 spiro atoms. The number of carbonyl (C=O) groups is 2. The molecule has 3 rings (SSSR count). The second-order valence-electron chi connectivity index (χ2n) is 10.2. The van der Waals surface area contributed by atoms with Gasteiger partial charge in [0.1, 0.15) is 12.6 Å². The van der Waals surface area contributed by atoms with E-state index in [-0.39, 0.29) is 33.1 Å². The quantitative estimate of drug-likeness (QED) is 0.335. The predicted molar refractivity (Wildman–Crippen MR) is 157 cm³/mol. The van der Waals surface area contributed by atoms with Gasteiger partial charge in [0.2, 0.25) is 11.8 Å². The van der Waals surface area contributed by atoms with Crippen molar-refractivity contribution in [2.75, 3.05) is 17.4 Å². The minimum absolute atomic E-state index is 0.00302. The van der Waals surface area contributed by atoms with Crippen molar-refractivity contribution < 1.29 is 18.0 Å². The molecule has 0 saturated heterocycles.